The molecule has 2 saturated heterocycles. The third-order valence-corrected chi connectivity index (χ3v) is 29.0. The molecule has 4 aliphatic rings. The SMILES string of the molecule is CCCCCCCCCCCCCCCC(=O)OCC(COP(=O)([O-])OCC[N+](C)(C)Cc1cn(-c2ccc3c(c2)C(=O)OC32c3ccc(OC(=O)OCc4ccc(B5OC(C)(C)C(C)(C)O5)cc4)cc3[Si](C)(C)c3cc(OC(=O)OCc4ccc(B5OC(C)(C)C(C)(C)O5)cc4)ccc32)nn1)OC(=O)CCCCCCCCCCCCCCC. The van der Waals surface area contributed by atoms with Crippen molar-refractivity contribution in [1.82, 2.24) is 15.0 Å². The topological polar surface area (TPSA) is 276 Å². The number of rotatable bonds is 49. The Labute approximate surface area is 713 Å². The van der Waals surface area contributed by atoms with E-state index < -0.39 is 101 Å². The lowest BCUT2D eigenvalue weighted by Gasteiger charge is -2.43. The number of unbranched alkanes of at least 4 members (excludes halogenated alkanes) is 24. The van der Waals surface area contributed by atoms with E-state index in [2.05, 4.69) is 37.3 Å². The number of quaternary nitrogens is 1. The summed E-state index contributed by atoms with van der Waals surface area (Å²) in [7, 11) is -5.31. The zero-order chi connectivity index (χ0) is 86.4. The number of ether oxygens (including phenoxy) is 7. The van der Waals surface area contributed by atoms with Crippen molar-refractivity contribution in [2.45, 2.75) is 316 Å². The summed E-state index contributed by atoms with van der Waals surface area (Å²) in [5, 5.41) is 10.5. The van der Waals surface area contributed by atoms with E-state index in [9.17, 15) is 33.4 Å². The maximum absolute atomic E-state index is 14.8. The number of hydrogen-bond donors (Lipinski definition) is 0. The Kier molecular flexibility index (Phi) is 34.1. The van der Waals surface area contributed by atoms with Crippen LogP contribution in [-0.4, -0.2) is 141 Å². The van der Waals surface area contributed by atoms with Crippen LogP contribution < -0.4 is 35.7 Å². The van der Waals surface area contributed by atoms with Crippen LogP contribution in [0.5, 0.6) is 11.5 Å². The molecule has 0 N–H and O–H groups in total. The first-order chi connectivity index (χ1) is 57.1. The van der Waals surface area contributed by atoms with Crippen molar-refractivity contribution in [3.05, 3.63) is 148 Å². The Bertz CT molecular complexity index is 4240. The molecule has 1 spiro atoms. The van der Waals surface area contributed by atoms with Gasteiger partial charge in [0.25, 0.3) is 7.82 Å². The number of nitrogens with zero attached hydrogens (tertiary/aromatic N) is 4. The molecular formula is C92H131B2N4O20PSi. The maximum Gasteiger partial charge on any atom is 0.514 e. The van der Waals surface area contributed by atoms with E-state index in [0.717, 1.165) is 59.8 Å². The van der Waals surface area contributed by atoms with Crippen LogP contribution >= 0.6 is 7.82 Å². The van der Waals surface area contributed by atoms with Crippen molar-refractivity contribution >= 4 is 81.7 Å². The van der Waals surface area contributed by atoms with Crippen LogP contribution in [0.15, 0.2) is 109 Å². The largest absolute Gasteiger partial charge is 0.756 e. The van der Waals surface area contributed by atoms with Crippen molar-refractivity contribution in [1.29, 1.82) is 0 Å². The molecule has 0 amide bonds. The molecule has 0 aliphatic carbocycles. The van der Waals surface area contributed by atoms with Gasteiger partial charge in [-0.3, -0.25) is 14.2 Å². The van der Waals surface area contributed by atoms with E-state index in [1.807, 2.05) is 130 Å². The van der Waals surface area contributed by atoms with Crippen molar-refractivity contribution in [3.8, 4) is 17.2 Å². The van der Waals surface area contributed by atoms with Gasteiger partial charge in [0.15, 0.2) is 11.7 Å². The summed E-state index contributed by atoms with van der Waals surface area (Å²) in [4.78, 5) is 81.7. The van der Waals surface area contributed by atoms with E-state index in [1.165, 1.54) is 116 Å². The highest BCUT2D eigenvalue weighted by molar-refractivity contribution is 7.45. The second kappa shape index (κ2) is 43.2. The van der Waals surface area contributed by atoms with Crippen LogP contribution in [0.1, 0.15) is 293 Å². The highest BCUT2D eigenvalue weighted by Gasteiger charge is 2.57. The molecule has 1 aromatic heterocycles. The van der Waals surface area contributed by atoms with Gasteiger partial charge in [-0.05, 0) is 137 Å². The maximum atomic E-state index is 14.8. The Morgan fingerprint density at radius 1 is 0.525 bits per heavy atom. The number of esters is 3. The molecule has 5 aromatic carbocycles. The van der Waals surface area contributed by atoms with E-state index in [4.69, 9.17) is 60.8 Å². The summed E-state index contributed by atoms with van der Waals surface area (Å²) in [5.41, 5.74) is 2.56. The van der Waals surface area contributed by atoms with Crippen LogP contribution in [-0.2, 0) is 90.9 Å². The number of carbonyl (C=O) groups excluding carboxylic acids is 5. The fourth-order valence-corrected chi connectivity index (χ4v) is 19.7. The molecule has 6 aromatic rings. The fourth-order valence-electron chi connectivity index (χ4n) is 15.8. The minimum atomic E-state index is -4.97. The minimum absolute atomic E-state index is 0.0834. The van der Waals surface area contributed by atoms with Crippen LogP contribution in [0.3, 0.4) is 0 Å². The van der Waals surface area contributed by atoms with Gasteiger partial charge in [-0.15, -0.1) is 5.10 Å². The van der Waals surface area contributed by atoms with Gasteiger partial charge in [0.2, 0.25) is 0 Å². The molecule has 2 atom stereocenters. The normalized spacial score (nSPS) is 17.0. The Morgan fingerprint density at radius 3 is 1.38 bits per heavy atom. The van der Waals surface area contributed by atoms with Gasteiger partial charge in [-0.1, -0.05) is 253 Å². The molecule has 654 valence electrons. The summed E-state index contributed by atoms with van der Waals surface area (Å²) in [6.07, 6.45) is 29.3. The highest BCUT2D eigenvalue weighted by Crippen LogP contribution is 2.50. The number of hydrogen-bond acceptors (Lipinski definition) is 22. The number of phosphoric acid groups is 1. The monoisotopic (exact) mass is 1690 g/mol. The molecular weight excluding hydrogens is 1560 g/mol. The Hall–Kier alpha value is -7.55. The lowest BCUT2D eigenvalue weighted by atomic mass is 9.79. The van der Waals surface area contributed by atoms with Gasteiger partial charge >= 0.3 is 44.5 Å². The van der Waals surface area contributed by atoms with Crippen molar-refractivity contribution in [2.75, 3.05) is 40.5 Å². The fraction of sp³-hybridized carbons (Fsp3) is 0.598. The first-order valence-electron chi connectivity index (χ1n) is 44.1. The zero-order valence-electron chi connectivity index (χ0n) is 73.8. The van der Waals surface area contributed by atoms with E-state index >= 15 is 0 Å². The Morgan fingerprint density at radius 2 is 0.942 bits per heavy atom. The molecule has 2 fully saturated rings. The van der Waals surface area contributed by atoms with E-state index in [0.29, 0.717) is 52.0 Å². The first-order valence-corrected chi connectivity index (χ1v) is 48.5. The molecule has 5 heterocycles. The van der Waals surface area contributed by atoms with Gasteiger partial charge < -0.3 is 70.2 Å². The lowest BCUT2D eigenvalue weighted by Crippen LogP contribution is -2.63. The summed E-state index contributed by atoms with van der Waals surface area (Å²) < 4.78 is 92.1. The summed E-state index contributed by atoms with van der Waals surface area (Å²) in [6, 6.07) is 30.7. The molecule has 120 heavy (non-hydrogen) atoms. The third-order valence-electron chi connectivity index (χ3n) is 24.5. The van der Waals surface area contributed by atoms with Crippen LogP contribution in [0.25, 0.3) is 5.69 Å². The van der Waals surface area contributed by atoms with Gasteiger partial charge in [-0.2, -0.15) is 0 Å². The smallest absolute Gasteiger partial charge is 0.514 e. The molecule has 0 bridgehead atoms. The van der Waals surface area contributed by atoms with Crippen molar-refractivity contribution < 1.29 is 98.7 Å². The second-order valence-electron chi connectivity index (χ2n) is 36.1. The quantitative estimate of drug-likeness (QED) is 0.00652. The summed E-state index contributed by atoms with van der Waals surface area (Å²) >= 11 is 0. The second-order valence-corrected chi connectivity index (χ2v) is 41.8. The number of phosphoric ester groups is 1. The van der Waals surface area contributed by atoms with Crippen LogP contribution in [0, 0.1) is 0 Å². The van der Waals surface area contributed by atoms with Gasteiger partial charge in [0, 0.05) is 29.5 Å². The number of fused-ring (bicyclic) bond motifs is 6. The van der Waals surface area contributed by atoms with E-state index in [1.54, 1.807) is 53.3 Å². The predicted octanol–water partition coefficient (Wildman–Crippen LogP) is 17.4. The minimum Gasteiger partial charge on any atom is -0.756 e. The number of benzene rings is 5. The molecule has 24 nitrogen and oxygen atoms in total. The molecule has 10 rings (SSSR count). The van der Waals surface area contributed by atoms with Crippen molar-refractivity contribution in [2.24, 2.45) is 0 Å². The molecule has 0 saturated carbocycles. The first kappa shape index (κ1) is 94.7. The average Bonchev–Trinajstić information content (AvgIpc) is 1.42. The number of carbonyl (C=O) groups is 5. The van der Waals surface area contributed by atoms with Gasteiger partial charge in [-0.25, -0.2) is 19.1 Å². The average molecular weight is 1690 g/mol. The molecule has 0 radical (unpaired) electrons. The van der Waals surface area contributed by atoms with Gasteiger partial charge in [0.05, 0.1) is 60.6 Å². The molecule has 2 unspecified atom stereocenters. The highest BCUT2D eigenvalue weighted by atomic mass is 31.2. The lowest BCUT2D eigenvalue weighted by molar-refractivity contribution is -0.904. The van der Waals surface area contributed by atoms with Gasteiger partial charge in [0.1, 0.15) is 64.8 Å². The zero-order valence-corrected chi connectivity index (χ0v) is 75.7. The molecule has 28 heteroatoms. The standard InChI is InChI=1S/C92H131B2N4O20PSi/c1-15-17-19-21-23-25-27-29-31-33-35-37-39-41-83(99)106-66-76(111-84(100)42-40-38-36-34-32-30-28-26-24-22-20-18-16-2)67-110-119(104,105)109-58-57-98(11,12)63-72-62-97(96-95-72)73-51-54-78-77(59-73)85(101)114-92(78)79-55-52-74(112-86(102)107-64-68-43-47-70(48-44-68)93-115-88(3,4)89(5,6)116-93)60-81(79)120(13,14)82-61-75(53-56-80(82)92)113-87(103)108-65-69-45-49-71(50-46-69)94-117-90(7,8)91(9,10)118-94/h43-56,59-62,76H,15-42,57-58,63-67H2,1-14H3. The number of likely N-dealkylation sites (N-methyl/N-ethyl adjacent to an activating group) is 1. The molecule has 4 aliphatic heterocycles. The van der Waals surface area contributed by atoms with E-state index in [-0.39, 0.29) is 73.9 Å². The summed E-state index contributed by atoms with van der Waals surface area (Å²) in [6.45, 7) is 23.7. The Balaban J connectivity index is 0.770. The van der Waals surface area contributed by atoms with Crippen LogP contribution in [0.2, 0.25) is 13.1 Å². The predicted molar refractivity (Wildman–Crippen MR) is 464 cm³/mol. The van der Waals surface area contributed by atoms with Crippen molar-refractivity contribution in [3.63, 3.8) is 0 Å². The number of aromatic nitrogens is 3. The summed E-state index contributed by atoms with van der Waals surface area (Å²) in [5.74, 6) is -1.22. The van der Waals surface area contributed by atoms with Crippen LogP contribution in [0.4, 0.5) is 9.59 Å². The third kappa shape index (κ3) is 26.0.